The quantitative estimate of drug-likeness (QED) is 0.421. The average molecular weight is 422 g/mol. The number of rotatable bonds is 6. The molecule has 150 valence electrons. The number of aromatic amines is 1. The molecule has 2 N–H and O–H groups in total. The zero-order valence-corrected chi connectivity index (χ0v) is 17.3. The van der Waals surface area contributed by atoms with Crippen molar-refractivity contribution in [1.82, 2.24) is 9.97 Å². The molecule has 2 aromatic rings. The Morgan fingerprint density at radius 3 is 2.82 bits per heavy atom. The lowest BCUT2D eigenvalue weighted by Crippen LogP contribution is -2.17. The van der Waals surface area contributed by atoms with Crippen LogP contribution in [0.4, 0.5) is 5.00 Å². The standard InChI is InChI=1S/C19H23N3O4S2/c1-2-26-18(25)16-12-7-5-3-4-6-8-13(12)28-17(16)21-15(24)11-27-19-20-10-9-14(23)22-19/h9-10H,2-8,11H2,1H3,(H,21,24)(H,20,22,23). The molecule has 1 amide bonds. The van der Waals surface area contributed by atoms with Gasteiger partial charge in [0.25, 0.3) is 5.56 Å². The number of hydrogen-bond donors (Lipinski definition) is 2. The highest BCUT2D eigenvalue weighted by molar-refractivity contribution is 7.99. The van der Waals surface area contributed by atoms with Gasteiger partial charge in [-0.2, -0.15) is 0 Å². The molecule has 0 unspecified atom stereocenters. The molecule has 1 aliphatic rings. The normalized spacial score (nSPS) is 13.9. The number of fused-ring (bicyclic) bond motifs is 1. The van der Waals surface area contributed by atoms with E-state index in [1.54, 1.807) is 6.92 Å². The molecule has 0 fully saturated rings. The van der Waals surface area contributed by atoms with E-state index < -0.39 is 0 Å². The maximum Gasteiger partial charge on any atom is 0.341 e. The number of ether oxygens (including phenoxy) is 1. The monoisotopic (exact) mass is 421 g/mol. The zero-order valence-electron chi connectivity index (χ0n) is 15.7. The minimum absolute atomic E-state index is 0.0811. The maximum atomic E-state index is 12.6. The second kappa shape index (κ2) is 9.88. The number of thiophene rings is 1. The summed E-state index contributed by atoms with van der Waals surface area (Å²) in [7, 11) is 0. The zero-order chi connectivity index (χ0) is 19.9. The first kappa shape index (κ1) is 20.6. The number of amides is 1. The van der Waals surface area contributed by atoms with Crippen molar-refractivity contribution in [1.29, 1.82) is 0 Å². The van der Waals surface area contributed by atoms with Gasteiger partial charge in [0.15, 0.2) is 5.16 Å². The van der Waals surface area contributed by atoms with Crippen molar-refractivity contribution in [2.75, 3.05) is 17.7 Å². The van der Waals surface area contributed by atoms with Gasteiger partial charge in [-0.25, -0.2) is 9.78 Å². The van der Waals surface area contributed by atoms with E-state index in [0.717, 1.165) is 49.4 Å². The van der Waals surface area contributed by atoms with Gasteiger partial charge in [0.05, 0.1) is 17.9 Å². The number of esters is 1. The Labute approximate surface area is 171 Å². The summed E-state index contributed by atoms with van der Waals surface area (Å²) in [5.74, 6) is -0.550. The highest BCUT2D eigenvalue weighted by Crippen LogP contribution is 2.37. The van der Waals surface area contributed by atoms with Crippen LogP contribution < -0.4 is 10.9 Å². The molecule has 0 spiro atoms. The van der Waals surface area contributed by atoms with Gasteiger partial charge in [0.2, 0.25) is 5.91 Å². The number of nitrogens with zero attached hydrogens (tertiary/aromatic N) is 1. The molecule has 0 saturated carbocycles. The number of aromatic nitrogens is 2. The number of nitrogens with one attached hydrogen (secondary N) is 2. The Morgan fingerprint density at radius 2 is 2.07 bits per heavy atom. The summed E-state index contributed by atoms with van der Waals surface area (Å²) >= 11 is 2.61. The molecule has 3 rings (SSSR count). The van der Waals surface area contributed by atoms with Gasteiger partial charge < -0.3 is 15.0 Å². The fourth-order valence-corrected chi connectivity index (χ4v) is 5.09. The molecule has 0 radical (unpaired) electrons. The first-order chi connectivity index (χ1) is 13.6. The van der Waals surface area contributed by atoms with Crippen LogP contribution in [0.3, 0.4) is 0 Å². The Bertz CT molecular complexity index is 907. The highest BCUT2D eigenvalue weighted by atomic mass is 32.2. The van der Waals surface area contributed by atoms with Crippen LogP contribution in [0, 0.1) is 0 Å². The Hall–Kier alpha value is -2.13. The van der Waals surface area contributed by atoms with Crippen molar-refractivity contribution in [2.45, 2.75) is 50.6 Å². The summed E-state index contributed by atoms with van der Waals surface area (Å²) in [5, 5.41) is 3.81. The fraction of sp³-hybridized carbons (Fsp3) is 0.474. The minimum Gasteiger partial charge on any atom is -0.462 e. The largest absolute Gasteiger partial charge is 0.462 e. The summed E-state index contributed by atoms with van der Waals surface area (Å²) in [6, 6.07) is 1.32. The molecule has 9 heteroatoms. The Morgan fingerprint density at radius 1 is 1.29 bits per heavy atom. The van der Waals surface area contributed by atoms with Gasteiger partial charge in [-0.3, -0.25) is 9.59 Å². The average Bonchev–Trinajstić information content (AvgIpc) is 2.96. The lowest BCUT2D eigenvalue weighted by Gasteiger charge is -2.11. The van der Waals surface area contributed by atoms with Crippen molar-refractivity contribution in [3.8, 4) is 0 Å². The van der Waals surface area contributed by atoms with Gasteiger partial charge in [-0.15, -0.1) is 11.3 Å². The van der Waals surface area contributed by atoms with Crippen LogP contribution in [0.1, 0.15) is 53.4 Å². The number of carbonyl (C=O) groups is 2. The smallest absolute Gasteiger partial charge is 0.341 e. The van der Waals surface area contributed by atoms with Crippen LogP contribution in [-0.2, 0) is 22.4 Å². The van der Waals surface area contributed by atoms with Crippen molar-refractivity contribution in [3.05, 3.63) is 38.6 Å². The molecule has 0 saturated heterocycles. The molecule has 2 aromatic heterocycles. The number of hydrogen-bond acceptors (Lipinski definition) is 7. The van der Waals surface area contributed by atoms with E-state index in [2.05, 4.69) is 15.3 Å². The van der Waals surface area contributed by atoms with Gasteiger partial charge in [-0.05, 0) is 38.2 Å². The molecule has 0 aromatic carbocycles. The Balaban J connectivity index is 1.77. The molecule has 0 bridgehead atoms. The van der Waals surface area contributed by atoms with Crippen LogP contribution in [0.25, 0.3) is 0 Å². The Kier molecular flexibility index (Phi) is 7.27. The summed E-state index contributed by atoms with van der Waals surface area (Å²) in [4.78, 5) is 44.1. The van der Waals surface area contributed by atoms with Gasteiger partial charge in [-0.1, -0.05) is 24.6 Å². The van der Waals surface area contributed by atoms with Gasteiger partial charge in [0, 0.05) is 17.1 Å². The van der Waals surface area contributed by atoms with E-state index >= 15 is 0 Å². The van der Waals surface area contributed by atoms with Gasteiger partial charge in [0.1, 0.15) is 5.00 Å². The fourth-order valence-electron chi connectivity index (χ4n) is 3.15. The van der Waals surface area contributed by atoms with E-state index in [9.17, 15) is 14.4 Å². The first-order valence-electron chi connectivity index (χ1n) is 9.38. The summed E-state index contributed by atoms with van der Waals surface area (Å²) in [5.41, 5.74) is 1.27. The number of aryl methyl sites for hydroxylation is 1. The third-order valence-corrected chi connectivity index (χ3v) is 6.49. The third-order valence-electron chi connectivity index (χ3n) is 4.39. The minimum atomic E-state index is -0.377. The van der Waals surface area contributed by atoms with Crippen molar-refractivity contribution >= 4 is 40.0 Å². The lowest BCUT2D eigenvalue weighted by molar-refractivity contribution is -0.113. The number of carbonyl (C=O) groups excluding carboxylic acids is 2. The predicted octanol–water partition coefficient (Wildman–Crippen LogP) is 3.40. The van der Waals surface area contributed by atoms with Crippen molar-refractivity contribution in [3.63, 3.8) is 0 Å². The number of H-pyrrole nitrogens is 1. The second-order valence-corrected chi connectivity index (χ2v) is 8.49. The number of thioether (sulfide) groups is 1. The summed E-state index contributed by atoms with van der Waals surface area (Å²) in [6.07, 6.45) is 7.62. The van der Waals surface area contributed by atoms with Crippen molar-refractivity contribution < 1.29 is 14.3 Å². The van der Waals surface area contributed by atoms with Crippen molar-refractivity contribution in [2.24, 2.45) is 0 Å². The maximum absolute atomic E-state index is 12.6. The molecule has 0 aliphatic heterocycles. The van der Waals surface area contributed by atoms with E-state index in [0.29, 0.717) is 22.3 Å². The molecule has 7 nitrogen and oxygen atoms in total. The lowest BCUT2D eigenvalue weighted by atomic mass is 9.96. The second-order valence-electron chi connectivity index (χ2n) is 6.42. The molecule has 1 aliphatic carbocycles. The SMILES string of the molecule is CCOC(=O)c1c(NC(=O)CSc2nccc(=O)[nH]2)sc2c1CCCCCC2. The van der Waals surface area contributed by atoms with E-state index in [1.807, 2.05) is 0 Å². The topological polar surface area (TPSA) is 101 Å². The summed E-state index contributed by atoms with van der Waals surface area (Å²) < 4.78 is 5.25. The van der Waals surface area contributed by atoms with E-state index in [1.165, 1.54) is 34.9 Å². The van der Waals surface area contributed by atoms with Crippen LogP contribution >= 0.6 is 23.1 Å². The van der Waals surface area contributed by atoms with Crippen LogP contribution in [0.15, 0.2) is 22.2 Å². The van der Waals surface area contributed by atoms with Gasteiger partial charge >= 0.3 is 5.97 Å². The van der Waals surface area contributed by atoms with Crippen LogP contribution in [-0.4, -0.2) is 34.2 Å². The highest BCUT2D eigenvalue weighted by Gasteiger charge is 2.26. The first-order valence-corrected chi connectivity index (χ1v) is 11.2. The molecule has 0 atom stereocenters. The third kappa shape index (κ3) is 5.23. The van der Waals surface area contributed by atoms with Crippen LogP contribution in [0.5, 0.6) is 0 Å². The molecular formula is C19H23N3O4S2. The van der Waals surface area contributed by atoms with E-state index in [4.69, 9.17) is 4.74 Å². The summed E-state index contributed by atoms with van der Waals surface area (Å²) in [6.45, 7) is 2.07. The molecule has 2 heterocycles. The van der Waals surface area contributed by atoms with E-state index in [-0.39, 0.29) is 23.2 Å². The number of anilines is 1. The molecule has 28 heavy (non-hydrogen) atoms. The van der Waals surface area contributed by atoms with Crippen LogP contribution in [0.2, 0.25) is 0 Å². The molecular weight excluding hydrogens is 398 g/mol. The predicted molar refractivity (Wildman–Crippen MR) is 110 cm³/mol.